The molecule has 0 amide bonds. The Labute approximate surface area is 316 Å². The fraction of sp³-hybridized carbons (Fsp3) is 0.0392. The van der Waals surface area contributed by atoms with Crippen molar-refractivity contribution in [1.29, 1.82) is 0 Å². The third-order valence-electron chi connectivity index (χ3n) is 11.1. The van der Waals surface area contributed by atoms with E-state index in [4.69, 9.17) is 13.8 Å². The van der Waals surface area contributed by atoms with Crippen LogP contribution in [0.25, 0.3) is 81.9 Å². The van der Waals surface area contributed by atoms with E-state index in [2.05, 4.69) is 157 Å². The second kappa shape index (κ2) is 12.1. The van der Waals surface area contributed by atoms with Crippen molar-refractivity contribution < 1.29 is 8.83 Å². The molecule has 0 bridgehead atoms. The Morgan fingerprint density at radius 1 is 0.691 bits per heavy atom. The molecule has 0 aliphatic carbocycles. The lowest BCUT2D eigenvalue weighted by Crippen LogP contribution is -2.13. The van der Waals surface area contributed by atoms with Crippen LogP contribution in [-0.2, 0) is 0 Å². The predicted octanol–water partition coefficient (Wildman–Crippen LogP) is 13.7. The molecule has 3 aromatic heterocycles. The molecule has 3 heterocycles. The van der Waals surface area contributed by atoms with E-state index in [0.717, 1.165) is 77.4 Å². The number of aromatic nitrogens is 1. The first-order valence-electron chi connectivity index (χ1n) is 18.5. The van der Waals surface area contributed by atoms with E-state index in [1.165, 1.54) is 26.9 Å². The Bertz CT molecular complexity index is 3360. The summed E-state index contributed by atoms with van der Waals surface area (Å²) in [5, 5.41) is 10.2. The van der Waals surface area contributed by atoms with E-state index in [-0.39, 0.29) is 5.92 Å². The monoisotopic (exact) mass is 704 g/mol. The predicted molar refractivity (Wildman–Crippen MR) is 227 cm³/mol. The molecule has 4 heteroatoms. The van der Waals surface area contributed by atoms with Crippen LogP contribution in [-0.4, -0.2) is 10.3 Å². The summed E-state index contributed by atoms with van der Waals surface area (Å²) in [5.74, 6) is 0.339. The highest BCUT2D eigenvalue weighted by atomic mass is 16.3. The maximum absolute atomic E-state index is 7.01. The quantitative estimate of drug-likeness (QED) is 0.128. The second-order valence-corrected chi connectivity index (χ2v) is 14.2. The number of hydrogen-bond acceptors (Lipinski definition) is 3. The summed E-state index contributed by atoms with van der Waals surface area (Å²) < 4.78 is 15.7. The average molecular weight is 705 g/mol. The highest BCUT2D eigenvalue weighted by Crippen LogP contribution is 2.46. The highest BCUT2D eigenvalue weighted by Gasteiger charge is 2.25. The molecule has 0 saturated heterocycles. The van der Waals surface area contributed by atoms with Crippen molar-refractivity contribution >= 4 is 87.9 Å². The standard InChI is InChI=1S/C51H32N2O2/c1-3-37(32-16-5-4-6-17-32)48(52-51-31(2)38-22-12-14-27-44(38)55-51)35-20-15-21-36(28-35)53-43-26-13-11-25-41(43)46-39-23-9-10-24-40(39)47-42-29-33-18-7-8-19-34(33)30-45(42)54-50(47)49(46)53/h3-11,13-21,23-30,37H,1H2,2H3/t37-/m0/s1. The van der Waals surface area contributed by atoms with Crippen LogP contribution >= 0.6 is 0 Å². The molecule has 0 aliphatic rings. The normalized spacial score (nSPS) is 12.8. The molecule has 8 aromatic carbocycles. The van der Waals surface area contributed by atoms with Crippen molar-refractivity contribution in [3.8, 4) is 5.69 Å². The van der Waals surface area contributed by atoms with Gasteiger partial charge in [-0.1, -0.05) is 127 Å². The lowest BCUT2D eigenvalue weighted by Gasteiger charge is -2.18. The van der Waals surface area contributed by atoms with Crippen LogP contribution in [0.3, 0.4) is 0 Å². The number of allylic oxidation sites excluding steroid dienone is 1. The Balaban J connectivity index is 1.23. The number of benzene rings is 7. The third-order valence-corrected chi connectivity index (χ3v) is 11.1. The number of furan rings is 2. The van der Waals surface area contributed by atoms with Crippen molar-refractivity contribution in [2.75, 3.05) is 0 Å². The first-order valence-corrected chi connectivity index (χ1v) is 18.5. The molecule has 11 aromatic rings. The van der Waals surface area contributed by atoms with E-state index in [1.807, 2.05) is 31.2 Å². The number of hydrogen-bond donors (Lipinski definition) is 0. The van der Waals surface area contributed by atoms with Gasteiger partial charge in [0.15, 0.2) is 5.58 Å². The summed E-state index contributed by atoms with van der Waals surface area (Å²) in [4.78, 5) is 5.32. The molecule has 0 radical (unpaired) electrons. The van der Waals surface area contributed by atoms with Gasteiger partial charge in [0.05, 0.1) is 22.1 Å². The van der Waals surface area contributed by atoms with Gasteiger partial charge < -0.3 is 13.4 Å². The van der Waals surface area contributed by atoms with E-state index < -0.39 is 0 Å². The maximum atomic E-state index is 7.01. The average Bonchev–Trinajstić information content (AvgIpc) is 3.89. The summed E-state index contributed by atoms with van der Waals surface area (Å²) >= 11 is 0. The zero-order valence-corrected chi connectivity index (χ0v) is 30.0. The molecule has 55 heavy (non-hydrogen) atoms. The second-order valence-electron chi connectivity index (χ2n) is 14.2. The first-order chi connectivity index (χ1) is 27.2. The van der Waals surface area contributed by atoms with Gasteiger partial charge >= 0.3 is 0 Å². The molecule has 0 aliphatic heterocycles. The molecule has 258 valence electrons. The minimum absolute atomic E-state index is 0.210. The van der Waals surface area contributed by atoms with E-state index >= 15 is 0 Å². The minimum Gasteiger partial charge on any atom is -0.454 e. The summed E-state index contributed by atoms with van der Waals surface area (Å²) in [6, 6.07) is 59.4. The van der Waals surface area contributed by atoms with Crippen LogP contribution in [0.15, 0.2) is 178 Å². The van der Waals surface area contributed by atoms with Gasteiger partial charge in [-0.25, -0.2) is 4.99 Å². The minimum atomic E-state index is -0.210. The van der Waals surface area contributed by atoms with Crippen LogP contribution in [0.4, 0.5) is 5.88 Å². The van der Waals surface area contributed by atoms with Crippen molar-refractivity contribution in [2.24, 2.45) is 4.99 Å². The fourth-order valence-corrected chi connectivity index (χ4v) is 8.56. The zero-order valence-electron chi connectivity index (χ0n) is 30.0. The zero-order chi connectivity index (χ0) is 36.6. The molecule has 0 spiro atoms. The molecular formula is C51H32N2O2. The van der Waals surface area contributed by atoms with Gasteiger partial charge in [0, 0.05) is 38.7 Å². The SMILES string of the molecule is C=C[C@H](C(=Nc1oc2ccc#cc2c1C)c1cccc(-n2c3ccccc3c3c4ccccc4c4c5cc6ccccc6cc5oc4c32)c1)c1ccccc1. The molecule has 1 atom stereocenters. The molecule has 0 N–H and O–H groups in total. The number of para-hydroxylation sites is 1. The van der Waals surface area contributed by atoms with Crippen molar-refractivity contribution in [3.05, 3.63) is 193 Å². The van der Waals surface area contributed by atoms with E-state index in [0.29, 0.717) is 5.88 Å². The van der Waals surface area contributed by atoms with Crippen molar-refractivity contribution in [3.63, 3.8) is 0 Å². The van der Waals surface area contributed by atoms with Crippen LogP contribution in [0.2, 0.25) is 0 Å². The Hall–Kier alpha value is -7.35. The van der Waals surface area contributed by atoms with Crippen LogP contribution in [0.1, 0.15) is 22.6 Å². The largest absolute Gasteiger partial charge is 0.454 e. The van der Waals surface area contributed by atoms with Gasteiger partial charge in [0.2, 0.25) is 5.88 Å². The number of rotatable bonds is 6. The summed E-state index contributed by atoms with van der Waals surface area (Å²) in [5.41, 5.74) is 9.42. The van der Waals surface area contributed by atoms with E-state index in [9.17, 15) is 0 Å². The fourth-order valence-electron chi connectivity index (χ4n) is 8.56. The molecule has 0 unspecified atom stereocenters. The highest BCUT2D eigenvalue weighted by molar-refractivity contribution is 6.35. The molecule has 0 saturated carbocycles. The Morgan fingerprint density at radius 2 is 1.42 bits per heavy atom. The first kappa shape index (κ1) is 31.2. The molecule has 0 fully saturated rings. The summed E-state index contributed by atoms with van der Waals surface area (Å²) in [6.07, 6.45) is 1.97. The molecule has 4 nitrogen and oxygen atoms in total. The van der Waals surface area contributed by atoms with Gasteiger partial charge in [0.25, 0.3) is 0 Å². The van der Waals surface area contributed by atoms with Crippen molar-refractivity contribution in [2.45, 2.75) is 12.8 Å². The number of nitrogens with zero attached hydrogens (tertiary/aromatic N) is 2. The van der Waals surface area contributed by atoms with Gasteiger partial charge in [0.1, 0.15) is 11.2 Å². The van der Waals surface area contributed by atoms with Crippen molar-refractivity contribution in [1.82, 2.24) is 4.57 Å². The number of fused-ring (bicyclic) bond motifs is 12. The Morgan fingerprint density at radius 3 is 2.22 bits per heavy atom. The van der Waals surface area contributed by atoms with Gasteiger partial charge in [-0.3, -0.25) is 0 Å². The Kier molecular flexibility index (Phi) is 6.86. The van der Waals surface area contributed by atoms with Crippen LogP contribution in [0.5, 0.6) is 0 Å². The van der Waals surface area contributed by atoms with Crippen LogP contribution < -0.4 is 0 Å². The lowest BCUT2D eigenvalue weighted by atomic mass is 9.89. The number of aryl methyl sites for hydroxylation is 1. The number of aliphatic imine (C=N–C) groups is 1. The summed E-state index contributed by atoms with van der Waals surface area (Å²) in [6.45, 7) is 6.33. The lowest BCUT2D eigenvalue weighted by molar-refractivity contribution is 0.623. The van der Waals surface area contributed by atoms with Gasteiger partial charge in [-0.2, -0.15) is 0 Å². The maximum Gasteiger partial charge on any atom is 0.223 e. The molecule has 11 rings (SSSR count). The van der Waals surface area contributed by atoms with Gasteiger partial charge in [-0.15, -0.1) is 6.58 Å². The summed E-state index contributed by atoms with van der Waals surface area (Å²) in [7, 11) is 0. The molecular weight excluding hydrogens is 673 g/mol. The topological polar surface area (TPSA) is 43.6 Å². The van der Waals surface area contributed by atoms with E-state index in [1.54, 1.807) is 0 Å². The third kappa shape index (κ3) is 4.70. The smallest absolute Gasteiger partial charge is 0.223 e. The van der Waals surface area contributed by atoms with Crippen LogP contribution in [0, 0.1) is 19.1 Å². The van der Waals surface area contributed by atoms with Gasteiger partial charge in [-0.05, 0) is 82.1 Å².